The van der Waals surface area contributed by atoms with Gasteiger partial charge < -0.3 is 14.0 Å². The number of ether oxygens (including phenoxy) is 2. The summed E-state index contributed by atoms with van der Waals surface area (Å²) in [6.45, 7) is 0.203. The topological polar surface area (TPSA) is 53.4 Å². The quantitative estimate of drug-likeness (QED) is 0.336. The Hall–Kier alpha value is -3.09. The lowest BCUT2D eigenvalue weighted by Crippen LogP contribution is -2.03. The number of rotatable bonds is 6. The van der Waals surface area contributed by atoms with Gasteiger partial charge in [0.1, 0.15) is 35.5 Å². The van der Waals surface area contributed by atoms with E-state index in [1.807, 2.05) is 23.7 Å². The molecular formula is C22H15Cl2FN2O3. The molecule has 30 heavy (non-hydrogen) atoms. The van der Waals surface area contributed by atoms with Crippen molar-refractivity contribution >= 4 is 39.5 Å². The van der Waals surface area contributed by atoms with Gasteiger partial charge in [-0.2, -0.15) is 0 Å². The predicted octanol–water partition coefficient (Wildman–Crippen LogP) is 6.12. The predicted molar refractivity (Wildman–Crippen MR) is 113 cm³/mol. The van der Waals surface area contributed by atoms with E-state index in [1.165, 1.54) is 18.2 Å². The maximum absolute atomic E-state index is 13.3. The summed E-state index contributed by atoms with van der Waals surface area (Å²) in [5.41, 5.74) is 1.97. The third-order valence-corrected chi connectivity index (χ3v) is 5.01. The molecule has 0 fully saturated rings. The van der Waals surface area contributed by atoms with E-state index in [1.54, 1.807) is 30.3 Å². The SMILES string of the molecule is Cn1c(COc2cccc(C(=O)Cl)c2)nc2ccc(Oc3ccc(F)c(Cl)c3)cc21. The number of fused-ring (bicyclic) bond motifs is 1. The molecule has 152 valence electrons. The van der Waals surface area contributed by atoms with E-state index in [0.717, 1.165) is 11.0 Å². The minimum Gasteiger partial charge on any atom is -0.486 e. The zero-order valence-electron chi connectivity index (χ0n) is 15.7. The molecule has 0 saturated heterocycles. The Bertz CT molecular complexity index is 1260. The molecule has 0 saturated carbocycles. The third-order valence-electron chi connectivity index (χ3n) is 4.50. The number of aryl methyl sites for hydroxylation is 1. The van der Waals surface area contributed by atoms with E-state index < -0.39 is 11.1 Å². The van der Waals surface area contributed by atoms with Gasteiger partial charge in [-0.25, -0.2) is 9.37 Å². The molecular weight excluding hydrogens is 430 g/mol. The van der Waals surface area contributed by atoms with Crippen LogP contribution in [0.5, 0.6) is 17.2 Å². The van der Waals surface area contributed by atoms with Crippen LogP contribution in [0.1, 0.15) is 16.2 Å². The van der Waals surface area contributed by atoms with Crippen LogP contribution >= 0.6 is 23.2 Å². The Labute approximate surface area is 181 Å². The molecule has 0 N–H and O–H groups in total. The van der Waals surface area contributed by atoms with Gasteiger partial charge >= 0.3 is 0 Å². The van der Waals surface area contributed by atoms with Gasteiger partial charge in [-0.1, -0.05) is 17.7 Å². The first kappa shape index (κ1) is 20.2. The first-order valence-electron chi connectivity index (χ1n) is 8.91. The normalized spacial score (nSPS) is 10.9. The minimum atomic E-state index is -0.543. The van der Waals surface area contributed by atoms with Crippen LogP contribution in [0.15, 0.2) is 60.7 Å². The van der Waals surface area contributed by atoms with E-state index in [2.05, 4.69) is 4.98 Å². The van der Waals surface area contributed by atoms with Gasteiger partial charge in [0.15, 0.2) is 0 Å². The molecule has 0 unspecified atom stereocenters. The van der Waals surface area contributed by atoms with E-state index in [-0.39, 0.29) is 11.6 Å². The van der Waals surface area contributed by atoms with Crippen LogP contribution in [0, 0.1) is 5.82 Å². The fourth-order valence-electron chi connectivity index (χ4n) is 2.94. The molecule has 0 aliphatic heterocycles. The van der Waals surface area contributed by atoms with Gasteiger partial charge in [0, 0.05) is 24.7 Å². The standard InChI is InChI=1S/C22H15Cl2FN2O3/c1-27-20-11-16(30-15-5-7-18(25)17(23)10-15)6-8-19(20)26-21(27)12-29-14-4-2-3-13(9-14)22(24)28/h2-11H,12H2,1H3. The summed E-state index contributed by atoms with van der Waals surface area (Å²) >= 11 is 11.3. The number of benzene rings is 3. The molecule has 0 spiro atoms. The summed E-state index contributed by atoms with van der Waals surface area (Å²) in [4.78, 5) is 15.9. The van der Waals surface area contributed by atoms with Crippen molar-refractivity contribution in [1.82, 2.24) is 9.55 Å². The van der Waals surface area contributed by atoms with Gasteiger partial charge in [-0.3, -0.25) is 4.79 Å². The zero-order chi connectivity index (χ0) is 21.3. The molecule has 0 atom stereocenters. The second kappa shape index (κ2) is 8.34. The number of carbonyl (C=O) groups is 1. The zero-order valence-corrected chi connectivity index (χ0v) is 17.2. The average molecular weight is 445 g/mol. The van der Waals surface area contributed by atoms with Crippen molar-refractivity contribution in [2.45, 2.75) is 6.61 Å². The van der Waals surface area contributed by atoms with Gasteiger partial charge in [-0.15, -0.1) is 0 Å². The maximum atomic E-state index is 13.3. The van der Waals surface area contributed by atoms with E-state index in [4.69, 9.17) is 32.7 Å². The highest BCUT2D eigenvalue weighted by Gasteiger charge is 2.11. The summed E-state index contributed by atoms with van der Waals surface area (Å²) in [7, 11) is 1.87. The lowest BCUT2D eigenvalue weighted by atomic mass is 10.2. The maximum Gasteiger partial charge on any atom is 0.252 e. The van der Waals surface area contributed by atoms with Crippen molar-refractivity contribution in [3.05, 3.63) is 82.9 Å². The lowest BCUT2D eigenvalue weighted by Gasteiger charge is -2.08. The molecule has 8 heteroatoms. The van der Waals surface area contributed by atoms with Gasteiger partial charge in [-0.05, 0) is 54.1 Å². The molecule has 5 nitrogen and oxygen atoms in total. The van der Waals surface area contributed by atoms with Crippen molar-refractivity contribution in [3.63, 3.8) is 0 Å². The van der Waals surface area contributed by atoms with Crippen LogP contribution < -0.4 is 9.47 Å². The third kappa shape index (κ3) is 4.25. The van der Waals surface area contributed by atoms with Crippen molar-refractivity contribution < 1.29 is 18.7 Å². The van der Waals surface area contributed by atoms with Crippen LogP contribution in [-0.2, 0) is 13.7 Å². The molecule has 0 bridgehead atoms. The molecule has 1 heterocycles. The van der Waals surface area contributed by atoms with Crippen molar-refractivity contribution in [2.75, 3.05) is 0 Å². The summed E-state index contributed by atoms with van der Waals surface area (Å²) in [6, 6.07) is 16.2. The highest BCUT2D eigenvalue weighted by molar-refractivity contribution is 6.67. The molecule has 0 radical (unpaired) electrons. The number of carbonyl (C=O) groups excluding carboxylic acids is 1. The minimum absolute atomic E-state index is 0.00603. The number of imidazole rings is 1. The highest BCUT2D eigenvalue weighted by Crippen LogP contribution is 2.29. The smallest absolute Gasteiger partial charge is 0.252 e. The Morgan fingerprint density at radius 1 is 1.07 bits per heavy atom. The van der Waals surface area contributed by atoms with Crippen molar-refractivity contribution in [1.29, 1.82) is 0 Å². The second-order valence-electron chi connectivity index (χ2n) is 6.51. The summed E-state index contributed by atoms with van der Waals surface area (Å²) in [5, 5.41) is -0.549. The number of hydrogen-bond acceptors (Lipinski definition) is 4. The largest absolute Gasteiger partial charge is 0.486 e. The highest BCUT2D eigenvalue weighted by atomic mass is 35.5. The fraction of sp³-hybridized carbons (Fsp3) is 0.0909. The molecule has 1 aromatic heterocycles. The van der Waals surface area contributed by atoms with Crippen molar-refractivity contribution in [2.24, 2.45) is 7.05 Å². The van der Waals surface area contributed by atoms with Crippen LogP contribution in [-0.4, -0.2) is 14.8 Å². The molecule has 3 aromatic carbocycles. The summed E-state index contributed by atoms with van der Waals surface area (Å²) < 4.78 is 26.8. The Balaban J connectivity index is 1.54. The Kier molecular flexibility index (Phi) is 5.61. The molecule has 0 aliphatic rings. The van der Waals surface area contributed by atoms with Gasteiger partial charge in [0.25, 0.3) is 5.24 Å². The Morgan fingerprint density at radius 3 is 2.60 bits per heavy atom. The number of aromatic nitrogens is 2. The molecule has 0 aliphatic carbocycles. The number of halogens is 3. The van der Waals surface area contributed by atoms with Crippen LogP contribution in [0.3, 0.4) is 0 Å². The summed E-state index contributed by atoms with van der Waals surface area (Å²) in [6.07, 6.45) is 0. The lowest BCUT2D eigenvalue weighted by molar-refractivity contribution is 0.108. The second-order valence-corrected chi connectivity index (χ2v) is 7.26. The fourth-order valence-corrected chi connectivity index (χ4v) is 3.23. The molecule has 0 amide bonds. The number of nitrogens with zero attached hydrogens (tertiary/aromatic N) is 2. The van der Waals surface area contributed by atoms with Gasteiger partial charge in [0.2, 0.25) is 0 Å². The molecule has 4 aromatic rings. The van der Waals surface area contributed by atoms with E-state index >= 15 is 0 Å². The van der Waals surface area contributed by atoms with Crippen molar-refractivity contribution in [3.8, 4) is 17.2 Å². The first-order chi connectivity index (χ1) is 14.4. The first-order valence-corrected chi connectivity index (χ1v) is 9.67. The summed E-state index contributed by atoms with van der Waals surface area (Å²) in [5.74, 6) is 1.70. The van der Waals surface area contributed by atoms with Crippen LogP contribution in [0.25, 0.3) is 11.0 Å². The van der Waals surface area contributed by atoms with E-state index in [0.29, 0.717) is 28.6 Å². The average Bonchev–Trinajstić information content (AvgIpc) is 3.05. The molecule has 4 rings (SSSR count). The number of hydrogen-bond donors (Lipinski definition) is 0. The van der Waals surface area contributed by atoms with E-state index in [9.17, 15) is 9.18 Å². The Morgan fingerprint density at radius 2 is 1.83 bits per heavy atom. The van der Waals surface area contributed by atoms with Crippen LogP contribution in [0.4, 0.5) is 4.39 Å². The monoisotopic (exact) mass is 444 g/mol. The van der Waals surface area contributed by atoms with Gasteiger partial charge in [0.05, 0.1) is 16.1 Å². The van der Waals surface area contributed by atoms with Crippen LogP contribution in [0.2, 0.25) is 5.02 Å².